The van der Waals surface area contributed by atoms with Crippen LogP contribution < -0.4 is 5.73 Å². The van der Waals surface area contributed by atoms with Crippen LogP contribution in [0.2, 0.25) is 10.0 Å². The van der Waals surface area contributed by atoms with E-state index in [9.17, 15) is 4.79 Å². The van der Waals surface area contributed by atoms with Gasteiger partial charge in [0, 0.05) is 32.9 Å². The summed E-state index contributed by atoms with van der Waals surface area (Å²) in [5.74, 6) is -0.462. The van der Waals surface area contributed by atoms with Gasteiger partial charge in [-0.05, 0) is 48.0 Å². The summed E-state index contributed by atoms with van der Waals surface area (Å²) < 4.78 is 2.10. The van der Waals surface area contributed by atoms with Crippen LogP contribution in [0.1, 0.15) is 15.9 Å². The molecule has 0 aliphatic carbocycles. The van der Waals surface area contributed by atoms with E-state index >= 15 is 0 Å². The van der Waals surface area contributed by atoms with Crippen molar-refractivity contribution in [3.63, 3.8) is 0 Å². The van der Waals surface area contributed by atoms with E-state index in [4.69, 9.17) is 28.9 Å². The first-order valence-corrected chi connectivity index (χ1v) is 8.46. The first kappa shape index (κ1) is 16.0. The summed E-state index contributed by atoms with van der Waals surface area (Å²) in [6, 6.07) is 20.0. The number of hydrogen-bond donors (Lipinski definition) is 1. The van der Waals surface area contributed by atoms with Gasteiger partial charge in [-0.15, -0.1) is 0 Å². The van der Waals surface area contributed by atoms with Crippen LogP contribution in [0, 0.1) is 6.07 Å². The fraction of sp³-hybridized carbons (Fsp3) is 0.0500. The summed E-state index contributed by atoms with van der Waals surface area (Å²) in [6.07, 6.45) is 0. The average Bonchev–Trinajstić information content (AvgIpc) is 2.88. The SMILES string of the molecule is NC(=O)c1cccc2c1c1[c]cc(Cl)cc1n2Cc1cccc(Cl)c1. The van der Waals surface area contributed by atoms with Gasteiger partial charge in [-0.1, -0.05) is 41.4 Å². The van der Waals surface area contributed by atoms with Crippen molar-refractivity contribution in [2.75, 3.05) is 0 Å². The van der Waals surface area contributed by atoms with Gasteiger partial charge in [0.25, 0.3) is 0 Å². The summed E-state index contributed by atoms with van der Waals surface area (Å²) in [5, 5.41) is 2.89. The fourth-order valence-electron chi connectivity index (χ4n) is 3.22. The van der Waals surface area contributed by atoms with Gasteiger partial charge in [-0.3, -0.25) is 4.79 Å². The molecule has 5 heteroatoms. The maximum atomic E-state index is 11.9. The standard InChI is InChI=1S/C20H13Cl2N2O/c21-13-4-1-3-12(9-13)11-24-17-6-2-5-16(20(23)25)19(17)15-8-7-14(22)10-18(15)24/h1-7,9-10H,11H2,(H2,23,25). The molecule has 3 nitrogen and oxygen atoms in total. The van der Waals surface area contributed by atoms with Crippen LogP contribution in [-0.4, -0.2) is 10.5 Å². The fourth-order valence-corrected chi connectivity index (χ4v) is 3.59. The van der Waals surface area contributed by atoms with Gasteiger partial charge in [0.2, 0.25) is 5.91 Å². The van der Waals surface area contributed by atoms with Crippen molar-refractivity contribution in [3.8, 4) is 0 Å². The van der Waals surface area contributed by atoms with Crippen molar-refractivity contribution in [1.82, 2.24) is 4.57 Å². The number of carbonyl (C=O) groups excluding carboxylic acids is 1. The third-order valence-electron chi connectivity index (χ3n) is 4.25. The first-order chi connectivity index (χ1) is 12.0. The number of primary amides is 1. The van der Waals surface area contributed by atoms with E-state index in [1.54, 1.807) is 12.1 Å². The zero-order chi connectivity index (χ0) is 17.6. The molecule has 0 aliphatic rings. The van der Waals surface area contributed by atoms with Crippen LogP contribution >= 0.6 is 23.2 Å². The van der Waals surface area contributed by atoms with Gasteiger partial charge in [0.15, 0.2) is 0 Å². The Bertz CT molecular complexity index is 1130. The molecule has 0 saturated heterocycles. The third kappa shape index (κ3) is 2.76. The highest BCUT2D eigenvalue weighted by Gasteiger charge is 2.17. The highest BCUT2D eigenvalue weighted by molar-refractivity contribution is 6.32. The minimum absolute atomic E-state index is 0.462. The second-order valence-corrected chi connectivity index (χ2v) is 6.73. The van der Waals surface area contributed by atoms with Gasteiger partial charge in [-0.25, -0.2) is 0 Å². The number of fused-ring (bicyclic) bond motifs is 3. The first-order valence-electron chi connectivity index (χ1n) is 7.71. The van der Waals surface area contributed by atoms with E-state index in [1.165, 1.54) is 0 Å². The Hall–Kier alpha value is -2.49. The highest BCUT2D eigenvalue weighted by atomic mass is 35.5. The molecule has 4 rings (SSSR count). The van der Waals surface area contributed by atoms with Crippen molar-refractivity contribution in [1.29, 1.82) is 0 Å². The molecule has 2 N–H and O–H groups in total. The molecule has 0 bridgehead atoms. The topological polar surface area (TPSA) is 48.0 Å². The maximum Gasteiger partial charge on any atom is 0.249 e. The number of halogens is 2. The lowest BCUT2D eigenvalue weighted by atomic mass is 10.1. The molecule has 0 spiro atoms. The summed E-state index contributed by atoms with van der Waals surface area (Å²) in [5.41, 5.74) is 8.91. The molecule has 4 aromatic rings. The van der Waals surface area contributed by atoms with Crippen LogP contribution in [0.3, 0.4) is 0 Å². The minimum atomic E-state index is -0.462. The number of nitrogens with two attached hydrogens (primary N) is 1. The second-order valence-electron chi connectivity index (χ2n) is 5.86. The summed E-state index contributed by atoms with van der Waals surface area (Å²) in [4.78, 5) is 11.9. The van der Waals surface area contributed by atoms with Crippen LogP contribution in [0.5, 0.6) is 0 Å². The van der Waals surface area contributed by atoms with E-state index in [-0.39, 0.29) is 0 Å². The molecule has 0 aliphatic heterocycles. The van der Waals surface area contributed by atoms with E-state index in [0.29, 0.717) is 22.2 Å². The zero-order valence-electron chi connectivity index (χ0n) is 13.1. The Balaban J connectivity index is 2.06. The molecule has 1 aromatic heterocycles. The predicted octanol–water partition coefficient (Wildman–Crippen LogP) is 5.05. The molecule has 0 saturated carbocycles. The van der Waals surface area contributed by atoms with Crippen LogP contribution in [0.25, 0.3) is 21.8 Å². The molecular weight excluding hydrogens is 355 g/mol. The highest BCUT2D eigenvalue weighted by Crippen LogP contribution is 2.33. The zero-order valence-corrected chi connectivity index (χ0v) is 14.6. The van der Waals surface area contributed by atoms with E-state index in [2.05, 4.69) is 10.6 Å². The molecule has 123 valence electrons. The van der Waals surface area contributed by atoms with E-state index in [0.717, 1.165) is 27.4 Å². The van der Waals surface area contributed by atoms with E-state index < -0.39 is 5.91 Å². The molecule has 1 heterocycles. The van der Waals surface area contributed by atoms with Gasteiger partial charge in [-0.2, -0.15) is 0 Å². The normalized spacial score (nSPS) is 11.3. The number of amides is 1. The summed E-state index contributed by atoms with van der Waals surface area (Å²) >= 11 is 12.3. The Kier molecular flexibility index (Phi) is 3.91. The van der Waals surface area contributed by atoms with Crippen LogP contribution in [-0.2, 0) is 6.54 Å². The molecule has 25 heavy (non-hydrogen) atoms. The van der Waals surface area contributed by atoms with E-state index in [1.807, 2.05) is 42.5 Å². The number of aromatic nitrogens is 1. The Morgan fingerprint density at radius 3 is 2.60 bits per heavy atom. The number of nitrogens with zero attached hydrogens (tertiary/aromatic N) is 1. The summed E-state index contributed by atoms with van der Waals surface area (Å²) in [6.45, 7) is 0.594. The smallest absolute Gasteiger partial charge is 0.249 e. The predicted molar refractivity (Wildman–Crippen MR) is 102 cm³/mol. The molecule has 1 radical (unpaired) electrons. The quantitative estimate of drug-likeness (QED) is 0.541. The molecule has 0 unspecified atom stereocenters. The summed E-state index contributed by atoms with van der Waals surface area (Å²) in [7, 11) is 0. The number of hydrogen-bond acceptors (Lipinski definition) is 1. The number of rotatable bonds is 3. The lowest BCUT2D eigenvalue weighted by molar-refractivity contribution is 0.100. The van der Waals surface area contributed by atoms with Crippen molar-refractivity contribution in [2.24, 2.45) is 5.73 Å². The maximum absolute atomic E-state index is 11.9. The third-order valence-corrected chi connectivity index (χ3v) is 4.71. The van der Waals surface area contributed by atoms with Gasteiger partial charge in [0.05, 0.1) is 11.0 Å². The lowest BCUT2D eigenvalue weighted by Crippen LogP contribution is -2.11. The van der Waals surface area contributed by atoms with Gasteiger partial charge >= 0.3 is 0 Å². The molecule has 0 atom stereocenters. The largest absolute Gasteiger partial charge is 0.366 e. The number of carbonyl (C=O) groups is 1. The molecule has 1 amide bonds. The number of benzene rings is 3. The van der Waals surface area contributed by atoms with Crippen molar-refractivity contribution >= 4 is 50.9 Å². The van der Waals surface area contributed by atoms with Gasteiger partial charge in [0.1, 0.15) is 0 Å². The van der Waals surface area contributed by atoms with Crippen molar-refractivity contribution < 1.29 is 4.79 Å². The average molecular weight is 368 g/mol. The van der Waals surface area contributed by atoms with Crippen molar-refractivity contribution in [2.45, 2.75) is 6.54 Å². The Morgan fingerprint density at radius 2 is 1.84 bits per heavy atom. The Morgan fingerprint density at radius 1 is 1.04 bits per heavy atom. The molecular formula is C20H13Cl2N2O. The van der Waals surface area contributed by atoms with Crippen LogP contribution in [0.15, 0.2) is 54.6 Å². The molecule has 0 fully saturated rings. The minimum Gasteiger partial charge on any atom is -0.366 e. The lowest BCUT2D eigenvalue weighted by Gasteiger charge is -2.08. The van der Waals surface area contributed by atoms with Gasteiger partial charge < -0.3 is 10.3 Å². The second kappa shape index (κ2) is 6.10. The monoisotopic (exact) mass is 367 g/mol. The Labute approximate surface area is 154 Å². The van der Waals surface area contributed by atoms with Crippen molar-refractivity contribution in [3.05, 3.63) is 81.8 Å². The molecule has 3 aromatic carbocycles. The van der Waals surface area contributed by atoms with Crippen LogP contribution in [0.4, 0.5) is 0 Å².